The minimum absolute atomic E-state index is 0.510. The number of methoxy groups -OCH3 is 2. The van der Waals surface area contributed by atoms with Crippen LogP contribution in [-0.2, 0) is 19.5 Å². The lowest BCUT2D eigenvalue weighted by Crippen LogP contribution is -2.30. The normalized spacial score (nSPS) is 14.0. The third kappa shape index (κ3) is 3.53. The first-order chi connectivity index (χ1) is 13.2. The van der Waals surface area contributed by atoms with Crippen LogP contribution in [0.3, 0.4) is 0 Å². The Morgan fingerprint density at radius 2 is 1.85 bits per heavy atom. The van der Waals surface area contributed by atoms with Crippen LogP contribution in [0.25, 0.3) is 5.69 Å². The van der Waals surface area contributed by atoms with E-state index >= 15 is 0 Å². The van der Waals surface area contributed by atoms with Gasteiger partial charge >= 0.3 is 0 Å². The largest absolute Gasteiger partial charge is 0.493 e. The summed E-state index contributed by atoms with van der Waals surface area (Å²) in [5.74, 6) is 1.58. The molecule has 2 aromatic heterocycles. The molecular formula is C21H22ClN3O2. The first-order valence-corrected chi connectivity index (χ1v) is 9.30. The maximum Gasteiger partial charge on any atom is 0.161 e. The number of hydrogen-bond donors (Lipinski definition) is 0. The molecular weight excluding hydrogens is 362 g/mol. The molecule has 6 heteroatoms. The Morgan fingerprint density at radius 3 is 2.59 bits per heavy atom. The summed E-state index contributed by atoms with van der Waals surface area (Å²) in [6.45, 7) is 2.71. The van der Waals surface area contributed by atoms with Gasteiger partial charge in [0.25, 0.3) is 0 Å². The van der Waals surface area contributed by atoms with Crippen molar-refractivity contribution >= 4 is 11.6 Å². The van der Waals surface area contributed by atoms with Gasteiger partial charge < -0.3 is 14.0 Å². The standard InChI is InChI=1S/C21H22ClN3O2/c1-26-19-11-15-7-10-24(13-16(15)12-20(19)27-2)14-17-5-4-9-25(17)18-6-3-8-23-21(18)22/h3-6,8-9,11-12H,7,10,13-14H2,1-2H3. The lowest BCUT2D eigenvalue weighted by Gasteiger charge is -2.29. The topological polar surface area (TPSA) is 39.5 Å². The van der Waals surface area contributed by atoms with Gasteiger partial charge in [0, 0.05) is 37.7 Å². The van der Waals surface area contributed by atoms with E-state index in [1.807, 2.05) is 24.4 Å². The van der Waals surface area contributed by atoms with E-state index in [1.165, 1.54) is 16.8 Å². The molecule has 0 unspecified atom stereocenters. The van der Waals surface area contributed by atoms with Gasteiger partial charge in [-0.1, -0.05) is 11.6 Å². The van der Waals surface area contributed by atoms with Crippen molar-refractivity contribution in [1.82, 2.24) is 14.5 Å². The Bertz CT molecular complexity index is 954. The Morgan fingerprint density at radius 1 is 1.07 bits per heavy atom. The summed E-state index contributed by atoms with van der Waals surface area (Å²) in [7, 11) is 3.35. The molecule has 0 fully saturated rings. The van der Waals surface area contributed by atoms with Gasteiger partial charge in [-0.2, -0.15) is 0 Å². The molecule has 0 spiro atoms. The second kappa shape index (κ2) is 7.62. The zero-order valence-electron chi connectivity index (χ0n) is 15.5. The summed E-state index contributed by atoms with van der Waals surface area (Å²) in [6, 6.07) is 12.3. The highest BCUT2D eigenvalue weighted by Crippen LogP contribution is 2.33. The summed E-state index contributed by atoms with van der Waals surface area (Å²) in [5, 5.41) is 0.510. The van der Waals surface area contributed by atoms with Crippen molar-refractivity contribution in [2.24, 2.45) is 0 Å². The number of hydrogen-bond acceptors (Lipinski definition) is 4. The maximum absolute atomic E-state index is 6.29. The van der Waals surface area contributed by atoms with Crippen LogP contribution in [0.4, 0.5) is 0 Å². The summed E-state index contributed by atoms with van der Waals surface area (Å²) >= 11 is 6.29. The van der Waals surface area contributed by atoms with Crippen molar-refractivity contribution < 1.29 is 9.47 Å². The van der Waals surface area contributed by atoms with E-state index in [0.29, 0.717) is 5.15 Å². The molecule has 0 atom stereocenters. The molecule has 0 bridgehead atoms. The summed E-state index contributed by atoms with van der Waals surface area (Å²) < 4.78 is 13.0. The molecule has 0 saturated heterocycles. The van der Waals surface area contributed by atoms with E-state index in [0.717, 1.165) is 43.2 Å². The molecule has 4 rings (SSSR count). The number of fused-ring (bicyclic) bond motifs is 1. The van der Waals surface area contributed by atoms with Crippen LogP contribution in [-0.4, -0.2) is 35.2 Å². The highest BCUT2D eigenvalue weighted by Gasteiger charge is 2.20. The van der Waals surface area contributed by atoms with Gasteiger partial charge in [0.05, 0.1) is 19.9 Å². The highest BCUT2D eigenvalue weighted by molar-refractivity contribution is 6.31. The number of pyridine rings is 1. The third-order valence-electron chi connectivity index (χ3n) is 5.01. The second-order valence-corrected chi connectivity index (χ2v) is 6.98. The first kappa shape index (κ1) is 17.9. The lowest BCUT2D eigenvalue weighted by molar-refractivity contribution is 0.240. The Hall–Kier alpha value is -2.50. The number of ether oxygens (including phenoxy) is 2. The molecule has 140 valence electrons. The summed E-state index contributed by atoms with van der Waals surface area (Å²) in [4.78, 5) is 6.63. The molecule has 0 aliphatic carbocycles. The molecule has 1 aromatic carbocycles. The number of nitrogens with zero attached hydrogens (tertiary/aromatic N) is 3. The van der Waals surface area contributed by atoms with Gasteiger partial charge in [-0.3, -0.25) is 4.90 Å². The molecule has 27 heavy (non-hydrogen) atoms. The third-order valence-corrected chi connectivity index (χ3v) is 5.31. The Balaban J connectivity index is 1.57. The van der Waals surface area contributed by atoms with Crippen molar-refractivity contribution in [1.29, 1.82) is 0 Å². The van der Waals surface area contributed by atoms with E-state index < -0.39 is 0 Å². The van der Waals surface area contributed by atoms with Crippen molar-refractivity contribution in [3.63, 3.8) is 0 Å². The minimum Gasteiger partial charge on any atom is -0.493 e. The van der Waals surface area contributed by atoms with Gasteiger partial charge in [0.15, 0.2) is 16.7 Å². The number of aromatic nitrogens is 2. The lowest BCUT2D eigenvalue weighted by atomic mass is 9.98. The zero-order chi connectivity index (χ0) is 18.8. The average Bonchev–Trinajstić information content (AvgIpc) is 3.15. The van der Waals surface area contributed by atoms with Gasteiger partial charge in [-0.05, 0) is 53.9 Å². The predicted octanol–water partition coefficient (Wildman–Crippen LogP) is 4.10. The number of rotatable bonds is 5. The van der Waals surface area contributed by atoms with Crippen molar-refractivity contribution in [3.8, 4) is 17.2 Å². The van der Waals surface area contributed by atoms with Crippen LogP contribution in [0.5, 0.6) is 11.5 Å². The van der Waals surface area contributed by atoms with Gasteiger partial charge in [0.1, 0.15) is 0 Å². The van der Waals surface area contributed by atoms with E-state index in [-0.39, 0.29) is 0 Å². The zero-order valence-corrected chi connectivity index (χ0v) is 16.2. The van der Waals surface area contributed by atoms with Crippen LogP contribution < -0.4 is 9.47 Å². The van der Waals surface area contributed by atoms with Crippen molar-refractivity contribution in [2.45, 2.75) is 19.5 Å². The van der Waals surface area contributed by atoms with Crippen molar-refractivity contribution in [2.75, 3.05) is 20.8 Å². The predicted molar refractivity (Wildman–Crippen MR) is 106 cm³/mol. The molecule has 1 aliphatic rings. The summed E-state index contributed by atoms with van der Waals surface area (Å²) in [6.07, 6.45) is 4.73. The molecule has 0 amide bonds. The SMILES string of the molecule is COc1cc2c(cc1OC)CN(Cc1cccn1-c1cccnc1Cl)CC2. The van der Waals surface area contributed by atoms with Crippen LogP contribution >= 0.6 is 11.6 Å². The molecule has 0 saturated carbocycles. The van der Waals surface area contributed by atoms with Crippen molar-refractivity contribution in [3.05, 3.63) is 70.8 Å². The highest BCUT2D eigenvalue weighted by atomic mass is 35.5. The smallest absolute Gasteiger partial charge is 0.161 e. The van der Waals surface area contributed by atoms with Crippen LogP contribution in [0.15, 0.2) is 48.8 Å². The molecule has 3 aromatic rings. The molecule has 1 aliphatic heterocycles. The first-order valence-electron chi connectivity index (χ1n) is 8.93. The Labute approximate surface area is 164 Å². The molecule has 5 nitrogen and oxygen atoms in total. The summed E-state index contributed by atoms with van der Waals surface area (Å²) in [5.41, 5.74) is 4.71. The van der Waals surface area contributed by atoms with E-state index in [1.54, 1.807) is 20.4 Å². The minimum atomic E-state index is 0.510. The molecule has 3 heterocycles. The van der Waals surface area contributed by atoms with E-state index in [9.17, 15) is 0 Å². The van der Waals surface area contributed by atoms with Gasteiger partial charge in [-0.25, -0.2) is 4.98 Å². The fourth-order valence-electron chi connectivity index (χ4n) is 3.64. The van der Waals surface area contributed by atoms with E-state index in [2.05, 4.69) is 32.7 Å². The number of benzene rings is 1. The maximum atomic E-state index is 6.29. The fraction of sp³-hybridized carbons (Fsp3) is 0.286. The van der Waals surface area contributed by atoms with Gasteiger partial charge in [-0.15, -0.1) is 0 Å². The van der Waals surface area contributed by atoms with Crippen LogP contribution in [0.1, 0.15) is 16.8 Å². The number of halogens is 1. The molecule has 0 N–H and O–H groups in total. The second-order valence-electron chi connectivity index (χ2n) is 6.62. The Kier molecular flexibility index (Phi) is 5.05. The molecule has 0 radical (unpaired) electrons. The van der Waals surface area contributed by atoms with Crippen LogP contribution in [0.2, 0.25) is 5.15 Å². The average molecular weight is 384 g/mol. The van der Waals surface area contributed by atoms with Crippen LogP contribution in [0, 0.1) is 0 Å². The van der Waals surface area contributed by atoms with E-state index in [4.69, 9.17) is 21.1 Å². The van der Waals surface area contributed by atoms with Gasteiger partial charge in [0.2, 0.25) is 0 Å². The monoisotopic (exact) mass is 383 g/mol. The fourth-order valence-corrected chi connectivity index (χ4v) is 3.85. The quantitative estimate of drug-likeness (QED) is 0.622.